The van der Waals surface area contributed by atoms with Gasteiger partial charge in [-0.05, 0) is 32.0 Å². The van der Waals surface area contributed by atoms with Crippen LogP contribution in [-0.4, -0.2) is 28.0 Å². The number of carbonyl (C=O) groups is 2. The summed E-state index contributed by atoms with van der Waals surface area (Å²) < 4.78 is 17.9. The molecular weight excluding hydrogens is 321 g/mol. The van der Waals surface area contributed by atoms with Crippen molar-refractivity contribution in [3.8, 4) is 0 Å². The molecule has 1 aromatic carbocycles. The second-order valence-electron chi connectivity index (χ2n) is 4.82. The van der Waals surface area contributed by atoms with Gasteiger partial charge in [0.1, 0.15) is 11.6 Å². The van der Waals surface area contributed by atoms with Crippen molar-refractivity contribution in [2.45, 2.75) is 19.1 Å². The Bertz CT molecular complexity index is 705. The minimum Gasteiger partial charge on any atom is -0.360 e. The Hall–Kier alpha value is -2.35. The Morgan fingerprint density at radius 1 is 1.35 bits per heavy atom. The van der Waals surface area contributed by atoms with Crippen molar-refractivity contribution in [1.29, 1.82) is 0 Å². The summed E-state index contributed by atoms with van der Waals surface area (Å²) in [6.45, 7) is 3.40. The highest BCUT2D eigenvalue weighted by atomic mass is 32.2. The van der Waals surface area contributed by atoms with Gasteiger partial charge in [-0.25, -0.2) is 4.39 Å². The van der Waals surface area contributed by atoms with Crippen LogP contribution in [0, 0.1) is 12.7 Å². The molecule has 0 aliphatic rings. The van der Waals surface area contributed by atoms with E-state index in [1.807, 2.05) is 0 Å². The zero-order valence-corrected chi connectivity index (χ0v) is 13.4. The highest BCUT2D eigenvalue weighted by Crippen LogP contribution is 2.15. The van der Waals surface area contributed by atoms with Crippen LogP contribution in [0.25, 0.3) is 0 Å². The summed E-state index contributed by atoms with van der Waals surface area (Å²) in [7, 11) is 0. The summed E-state index contributed by atoms with van der Waals surface area (Å²) in [4.78, 5) is 23.7. The van der Waals surface area contributed by atoms with E-state index in [0.717, 1.165) is 0 Å². The van der Waals surface area contributed by atoms with Crippen LogP contribution in [0.3, 0.4) is 0 Å². The second kappa shape index (κ2) is 7.77. The molecule has 0 fully saturated rings. The average Bonchev–Trinajstić information content (AvgIpc) is 2.90. The van der Waals surface area contributed by atoms with Crippen LogP contribution < -0.4 is 10.6 Å². The number of aryl methyl sites for hydroxylation is 1. The molecule has 1 unspecified atom stereocenters. The van der Waals surface area contributed by atoms with Gasteiger partial charge in [-0.1, -0.05) is 11.2 Å². The first-order chi connectivity index (χ1) is 10.9. The molecule has 2 N–H and O–H groups in total. The molecule has 0 aliphatic carbocycles. The van der Waals surface area contributed by atoms with Crippen LogP contribution in [0.4, 0.5) is 15.9 Å². The van der Waals surface area contributed by atoms with Gasteiger partial charge in [-0.2, -0.15) is 0 Å². The highest BCUT2D eigenvalue weighted by Gasteiger charge is 2.16. The van der Waals surface area contributed by atoms with E-state index < -0.39 is 11.1 Å². The Balaban J connectivity index is 1.77. The fraction of sp³-hybridized carbons (Fsp3) is 0.267. The van der Waals surface area contributed by atoms with Crippen LogP contribution in [0.2, 0.25) is 0 Å². The van der Waals surface area contributed by atoms with Gasteiger partial charge in [0.2, 0.25) is 11.8 Å². The lowest BCUT2D eigenvalue weighted by Crippen LogP contribution is -2.25. The van der Waals surface area contributed by atoms with Crippen LogP contribution in [-0.2, 0) is 9.59 Å². The molecule has 0 saturated carbocycles. The number of hydrogen-bond donors (Lipinski definition) is 2. The molecule has 2 aromatic rings. The van der Waals surface area contributed by atoms with Crippen molar-refractivity contribution in [1.82, 2.24) is 5.16 Å². The van der Waals surface area contributed by atoms with Crippen molar-refractivity contribution in [3.05, 3.63) is 41.9 Å². The van der Waals surface area contributed by atoms with E-state index in [1.54, 1.807) is 26.0 Å². The summed E-state index contributed by atoms with van der Waals surface area (Å²) in [5, 5.41) is 8.38. The molecule has 0 bridgehead atoms. The van der Waals surface area contributed by atoms with Gasteiger partial charge in [-0.3, -0.25) is 9.59 Å². The number of hydrogen-bond acceptors (Lipinski definition) is 5. The van der Waals surface area contributed by atoms with Gasteiger partial charge in [0.05, 0.1) is 11.0 Å². The monoisotopic (exact) mass is 337 g/mol. The number of halogens is 1. The summed E-state index contributed by atoms with van der Waals surface area (Å²) in [6.07, 6.45) is 0. The molecule has 1 heterocycles. The van der Waals surface area contributed by atoms with E-state index in [4.69, 9.17) is 4.52 Å². The second-order valence-corrected chi connectivity index (χ2v) is 6.15. The predicted molar refractivity (Wildman–Crippen MR) is 86.8 cm³/mol. The highest BCUT2D eigenvalue weighted by molar-refractivity contribution is 8.01. The maximum Gasteiger partial charge on any atom is 0.238 e. The predicted octanol–water partition coefficient (Wildman–Crippen LogP) is 2.82. The lowest BCUT2D eigenvalue weighted by atomic mass is 10.3. The number of amides is 2. The van der Waals surface area contributed by atoms with E-state index in [1.165, 1.54) is 30.0 Å². The molecule has 122 valence electrons. The lowest BCUT2D eigenvalue weighted by molar-refractivity contribution is -0.115. The van der Waals surface area contributed by atoms with Gasteiger partial charge in [0.15, 0.2) is 5.82 Å². The van der Waals surface area contributed by atoms with Crippen LogP contribution in [0.1, 0.15) is 12.7 Å². The van der Waals surface area contributed by atoms with E-state index in [2.05, 4.69) is 15.8 Å². The fourth-order valence-electron chi connectivity index (χ4n) is 1.69. The molecule has 8 heteroatoms. The molecule has 0 aliphatic heterocycles. The van der Waals surface area contributed by atoms with Crippen molar-refractivity contribution in [3.63, 3.8) is 0 Å². The number of anilines is 2. The van der Waals surface area contributed by atoms with Crippen LogP contribution in [0.15, 0.2) is 34.9 Å². The SMILES string of the molecule is Cc1cc(NC(=O)C(C)SCC(=O)Nc2cccc(F)c2)no1. The quantitative estimate of drug-likeness (QED) is 0.847. The number of nitrogens with zero attached hydrogens (tertiary/aromatic N) is 1. The molecule has 1 atom stereocenters. The number of rotatable bonds is 6. The zero-order chi connectivity index (χ0) is 16.8. The summed E-state index contributed by atoms with van der Waals surface area (Å²) >= 11 is 1.17. The number of carbonyl (C=O) groups excluding carboxylic acids is 2. The molecule has 2 amide bonds. The topological polar surface area (TPSA) is 84.2 Å². The molecule has 23 heavy (non-hydrogen) atoms. The minimum atomic E-state index is -0.453. The number of aromatic nitrogens is 1. The maximum atomic E-state index is 13.0. The van der Waals surface area contributed by atoms with Gasteiger partial charge in [0.25, 0.3) is 0 Å². The summed E-state index contributed by atoms with van der Waals surface area (Å²) in [5.41, 5.74) is 0.380. The maximum absolute atomic E-state index is 13.0. The molecule has 0 saturated heterocycles. The van der Waals surface area contributed by atoms with Gasteiger partial charge >= 0.3 is 0 Å². The number of nitrogens with one attached hydrogen (secondary N) is 2. The zero-order valence-electron chi connectivity index (χ0n) is 12.6. The molecule has 1 aromatic heterocycles. The summed E-state index contributed by atoms with van der Waals surface area (Å²) in [6, 6.07) is 7.22. The smallest absolute Gasteiger partial charge is 0.238 e. The van der Waals surface area contributed by atoms with Crippen molar-refractivity contribution < 1.29 is 18.5 Å². The first-order valence-corrected chi connectivity index (χ1v) is 7.90. The van der Waals surface area contributed by atoms with E-state index >= 15 is 0 Å². The molecule has 0 radical (unpaired) electrons. The third-order valence-electron chi connectivity index (χ3n) is 2.82. The van der Waals surface area contributed by atoms with E-state index in [9.17, 15) is 14.0 Å². The third kappa shape index (κ3) is 5.41. The third-order valence-corrected chi connectivity index (χ3v) is 3.96. The van der Waals surface area contributed by atoms with Crippen molar-refractivity contribution in [2.24, 2.45) is 0 Å². The first kappa shape index (κ1) is 17.0. The van der Waals surface area contributed by atoms with Gasteiger partial charge in [-0.15, -0.1) is 11.8 Å². The normalized spacial score (nSPS) is 11.8. The largest absolute Gasteiger partial charge is 0.360 e. The first-order valence-electron chi connectivity index (χ1n) is 6.85. The Labute approximate surface area is 136 Å². The minimum absolute atomic E-state index is 0.0724. The number of thioether (sulfide) groups is 1. The van der Waals surface area contributed by atoms with E-state index in [-0.39, 0.29) is 17.6 Å². The van der Waals surface area contributed by atoms with Crippen molar-refractivity contribution >= 4 is 35.1 Å². The Kier molecular flexibility index (Phi) is 5.75. The van der Waals surface area contributed by atoms with Gasteiger partial charge in [0, 0.05) is 11.8 Å². The standard InChI is InChI=1S/C15H16FN3O3S/c1-9-6-13(19-22-9)18-15(21)10(2)23-8-14(20)17-12-5-3-4-11(16)7-12/h3-7,10H,8H2,1-2H3,(H,17,20)(H,18,19,21). The number of benzene rings is 1. The average molecular weight is 337 g/mol. The van der Waals surface area contributed by atoms with Gasteiger partial charge < -0.3 is 15.2 Å². The summed E-state index contributed by atoms with van der Waals surface area (Å²) in [5.74, 6) is -0.00659. The molecule has 2 rings (SSSR count). The molecular formula is C15H16FN3O3S. The van der Waals surface area contributed by atoms with Crippen LogP contribution in [0.5, 0.6) is 0 Å². The fourth-order valence-corrected chi connectivity index (χ4v) is 2.38. The Morgan fingerprint density at radius 3 is 2.78 bits per heavy atom. The van der Waals surface area contributed by atoms with Crippen molar-refractivity contribution in [2.75, 3.05) is 16.4 Å². The van der Waals surface area contributed by atoms with E-state index in [0.29, 0.717) is 17.3 Å². The molecule has 0 spiro atoms. The molecule has 6 nitrogen and oxygen atoms in total. The lowest BCUT2D eigenvalue weighted by Gasteiger charge is -2.10. The van der Waals surface area contributed by atoms with Crippen LogP contribution >= 0.6 is 11.8 Å². The Morgan fingerprint density at radius 2 is 2.13 bits per heavy atom.